The molecule has 0 spiro atoms. The Morgan fingerprint density at radius 1 is 1.21 bits per heavy atom. The number of hydrazine groups is 1. The van der Waals surface area contributed by atoms with E-state index >= 15 is 0 Å². The summed E-state index contributed by atoms with van der Waals surface area (Å²) >= 11 is 6.20. The number of amides is 3. The Kier molecular flexibility index (Phi) is 3.86. The van der Waals surface area contributed by atoms with Crippen molar-refractivity contribution >= 4 is 29.7 Å². The number of benzene rings is 1. The molecule has 2 aliphatic heterocycles. The molecule has 1 aromatic rings. The maximum Gasteiger partial charge on any atom is 0.497 e. The number of carbonyl (C=O) groups is 2. The Morgan fingerprint density at radius 2 is 2.00 bits per heavy atom. The van der Waals surface area contributed by atoms with E-state index in [1.807, 2.05) is 5.01 Å². The quantitative estimate of drug-likeness (QED) is 0.618. The third kappa shape index (κ3) is 2.19. The highest BCUT2D eigenvalue weighted by atomic mass is 35.5. The highest BCUT2D eigenvalue weighted by Crippen LogP contribution is 2.41. The summed E-state index contributed by atoms with van der Waals surface area (Å²) in [5, 5.41) is 11.6. The van der Waals surface area contributed by atoms with E-state index in [1.54, 1.807) is 24.3 Å². The molecule has 7 nitrogen and oxygen atoms in total. The second-order valence-corrected chi connectivity index (χ2v) is 6.96. The topological polar surface area (TPSA) is 65.3 Å². The van der Waals surface area contributed by atoms with Crippen molar-refractivity contribution in [1.82, 2.24) is 14.7 Å². The van der Waals surface area contributed by atoms with E-state index in [0.717, 1.165) is 25.8 Å². The molecule has 3 aliphatic rings. The number of fused-ring (bicyclic) bond motifs is 1. The number of hydrogen-bond acceptors (Lipinski definition) is 5. The van der Waals surface area contributed by atoms with Gasteiger partial charge < -0.3 is 0 Å². The lowest BCUT2D eigenvalue weighted by molar-refractivity contribution is -0.115. The Labute approximate surface area is 145 Å². The second kappa shape index (κ2) is 5.91. The molecule has 24 heavy (non-hydrogen) atoms. The Morgan fingerprint density at radius 3 is 2.79 bits per heavy atom. The minimum absolute atomic E-state index is 0.305. The van der Waals surface area contributed by atoms with Crippen molar-refractivity contribution in [3.05, 3.63) is 29.3 Å². The van der Waals surface area contributed by atoms with Crippen LogP contribution in [-0.4, -0.2) is 35.2 Å². The zero-order valence-electron chi connectivity index (χ0n) is 13.2. The van der Waals surface area contributed by atoms with Crippen LogP contribution in [0.5, 0.6) is 0 Å². The second-order valence-electron chi connectivity index (χ2n) is 6.56. The average molecular weight is 349 g/mol. The number of urea groups is 1. The van der Waals surface area contributed by atoms with Crippen LogP contribution in [0.4, 0.5) is 10.5 Å². The summed E-state index contributed by atoms with van der Waals surface area (Å²) in [5.74, 6) is 0.598. The van der Waals surface area contributed by atoms with Crippen molar-refractivity contribution < 1.29 is 9.59 Å². The maximum atomic E-state index is 13.1. The monoisotopic (exact) mass is 348 g/mol. The molecule has 3 amide bonds. The molecule has 0 radical (unpaired) electrons. The minimum atomic E-state index is -0.868. The van der Waals surface area contributed by atoms with Gasteiger partial charge in [-0.15, -0.1) is 0 Å². The lowest BCUT2D eigenvalue weighted by Gasteiger charge is -2.33. The number of para-hydroxylation sites is 1. The van der Waals surface area contributed by atoms with Crippen molar-refractivity contribution in [2.24, 2.45) is 16.4 Å². The SMILES string of the molecule is O=C[N+]1(c2ccccc2Cl)N=NN(N2CCC3CCCCC32)C1=O. The summed E-state index contributed by atoms with van der Waals surface area (Å²) in [6.07, 6.45) is 6.20. The smallest absolute Gasteiger partial charge is 0.230 e. The number of imide groups is 1. The minimum Gasteiger partial charge on any atom is -0.230 e. The number of nitrogens with zero attached hydrogens (tertiary/aromatic N) is 5. The first-order chi connectivity index (χ1) is 11.7. The normalized spacial score (nSPS) is 33.0. The van der Waals surface area contributed by atoms with Gasteiger partial charge in [0.25, 0.3) is 0 Å². The first-order valence-electron chi connectivity index (χ1n) is 8.32. The molecular formula is C16H19ClN5O2+. The molecule has 1 saturated carbocycles. The molecule has 8 heteroatoms. The van der Waals surface area contributed by atoms with Gasteiger partial charge in [-0.1, -0.05) is 41.7 Å². The summed E-state index contributed by atoms with van der Waals surface area (Å²) in [6.45, 7) is 0.765. The van der Waals surface area contributed by atoms with Crippen molar-refractivity contribution in [1.29, 1.82) is 0 Å². The van der Waals surface area contributed by atoms with Crippen LogP contribution >= 0.6 is 11.6 Å². The van der Waals surface area contributed by atoms with Crippen LogP contribution < -0.4 is 4.59 Å². The van der Waals surface area contributed by atoms with E-state index in [9.17, 15) is 9.59 Å². The van der Waals surface area contributed by atoms with Gasteiger partial charge in [0.15, 0.2) is 5.69 Å². The van der Waals surface area contributed by atoms with Gasteiger partial charge in [-0.25, -0.2) is 4.79 Å². The molecule has 2 heterocycles. The van der Waals surface area contributed by atoms with E-state index in [4.69, 9.17) is 11.6 Å². The first kappa shape index (κ1) is 15.7. The van der Waals surface area contributed by atoms with Crippen LogP contribution in [0.25, 0.3) is 0 Å². The molecule has 0 bridgehead atoms. The first-order valence-corrected chi connectivity index (χ1v) is 8.70. The molecule has 3 atom stereocenters. The third-order valence-corrected chi connectivity index (χ3v) is 5.64. The fourth-order valence-corrected chi connectivity index (χ4v) is 4.36. The van der Waals surface area contributed by atoms with Gasteiger partial charge in [-0.05, 0) is 31.2 Å². The average Bonchev–Trinajstić information content (AvgIpc) is 3.17. The van der Waals surface area contributed by atoms with Crippen LogP contribution in [0.2, 0.25) is 5.02 Å². The van der Waals surface area contributed by atoms with Gasteiger partial charge in [0.05, 0.1) is 5.22 Å². The van der Waals surface area contributed by atoms with Crippen molar-refractivity contribution in [3.8, 4) is 0 Å². The zero-order valence-corrected chi connectivity index (χ0v) is 14.0. The van der Waals surface area contributed by atoms with Crippen LogP contribution in [0.3, 0.4) is 0 Å². The number of rotatable bonds is 3. The van der Waals surface area contributed by atoms with Crippen LogP contribution in [0.15, 0.2) is 34.7 Å². The predicted octanol–water partition coefficient (Wildman–Crippen LogP) is 3.70. The summed E-state index contributed by atoms with van der Waals surface area (Å²) in [4.78, 5) is 24.9. The zero-order chi connectivity index (χ0) is 16.7. The fraction of sp³-hybridized carbons (Fsp3) is 0.500. The summed E-state index contributed by atoms with van der Waals surface area (Å²) in [6, 6.07) is 6.55. The number of halogens is 1. The van der Waals surface area contributed by atoms with Crippen molar-refractivity contribution in [2.75, 3.05) is 6.54 Å². The van der Waals surface area contributed by atoms with Gasteiger partial charge >= 0.3 is 12.4 Å². The number of quaternary nitrogens is 1. The van der Waals surface area contributed by atoms with E-state index in [2.05, 4.69) is 10.4 Å². The molecule has 3 unspecified atom stereocenters. The van der Waals surface area contributed by atoms with E-state index in [1.165, 1.54) is 18.0 Å². The molecular weight excluding hydrogens is 330 g/mol. The lowest BCUT2D eigenvalue weighted by atomic mass is 9.85. The van der Waals surface area contributed by atoms with Gasteiger partial charge in [-0.3, -0.25) is 0 Å². The lowest BCUT2D eigenvalue weighted by Crippen LogP contribution is -2.55. The van der Waals surface area contributed by atoms with Crippen LogP contribution in [0, 0.1) is 5.92 Å². The van der Waals surface area contributed by atoms with Gasteiger partial charge in [0, 0.05) is 28.5 Å². The van der Waals surface area contributed by atoms with E-state index < -0.39 is 10.6 Å². The van der Waals surface area contributed by atoms with Gasteiger partial charge in [0.2, 0.25) is 0 Å². The molecule has 2 fully saturated rings. The molecule has 1 aromatic carbocycles. The predicted molar refractivity (Wildman–Crippen MR) is 88.5 cm³/mol. The summed E-state index contributed by atoms with van der Waals surface area (Å²) < 4.78 is -0.868. The molecule has 126 valence electrons. The standard InChI is InChI=1S/C16H19ClN5O2/c17-13-6-2-4-8-15(13)22(11-23)16(24)21(18-19-22)20-10-9-12-5-1-3-7-14(12)20/h2,4,6,8,11-12,14H,1,3,5,7,9-10H2/q+1. The summed E-state index contributed by atoms with van der Waals surface area (Å²) in [5.41, 5.74) is 0.324. The van der Waals surface area contributed by atoms with Gasteiger partial charge in [-0.2, -0.15) is 9.80 Å². The largest absolute Gasteiger partial charge is 0.497 e. The molecule has 0 aromatic heterocycles. The number of hydrogen-bond donors (Lipinski definition) is 0. The summed E-state index contributed by atoms with van der Waals surface area (Å²) in [7, 11) is 0. The van der Waals surface area contributed by atoms with Crippen LogP contribution in [0.1, 0.15) is 32.1 Å². The highest BCUT2D eigenvalue weighted by molar-refractivity contribution is 6.33. The van der Waals surface area contributed by atoms with E-state index in [0.29, 0.717) is 29.1 Å². The molecule has 1 saturated heterocycles. The fourth-order valence-electron chi connectivity index (χ4n) is 4.09. The Bertz CT molecular complexity index is 711. The highest BCUT2D eigenvalue weighted by Gasteiger charge is 2.56. The maximum absolute atomic E-state index is 13.1. The van der Waals surface area contributed by atoms with E-state index in [-0.39, 0.29) is 0 Å². The molecule has 1 aliphatic carbocycles. The van der Waals surface area contributed by atoms with Crippen LogP contribution in [-0.2, 0) is 4.79 Å². The Hall–Kier alpha value is -1.83. The third-order valence-electron chi connectivity index (χ3n) is 5.32. The van der Waals surface area contributed by atoms with Gasteiger partial charge in [0.1, 0.15) is 5.02 Å². The van der Waals surface area contributed by atoms with Crippen molar-refractivity contribution in [2.45, 2.75) is 38.1 Å². The molecule has 0 N–H and O–H groups in total. The number of carbonyl (C=O) groups excluding carboxylic acids is 2. The van der Waals surface area contributed by atoms with Crippen molar-refractivity contribution in [3.63, 3.8) is 0 Å². The Balaban J connectivity index is 1.66. The molecule has 4 rings (SSSR count).